The van der Waals surface area contributed by atoms with Crippen molar-refractivity contribution in [3.63, 3.8) is 0 Å². The van der Waals surface area contributed by atoms with Gasteiger partial charge in [0.2, 0.25) is 0 Å². The van der Waals surface area contributed by atoms with Crippen molar-refractivity contribution >= 4 is 11.9 Å². The van der Waals surface area contributed by atoms with E-state index in [2.05, 4.69) is 47.6 Å². The number of aliphatic carboxylic acids is 2. The number of allylic oxidation sites excluding steroid dienone is 2. The van der Waals surface area contributed by atoms with E-state index in [1.807, 2.05) is 0 Å². The molecule has 0 aromatic rings. The van der Waals surface area contributed by atoms with Crippen LogP contribution in [-0.2, 0) is 19.1 Å². The van der Waals surface area contributed by atoms with Crippen LogP contribution in [0.1, 0.15) is 106 Å². The van der Waals surface area contributed by atoms with Crippen LogP contribution in [0.3, 0.4) is 0 Å². The van der Waals surface area contributed by atoms with Crippen molar-refractivity contribution in [1.29, 1.82) is 0 Å². The molecule has 4 saturated carbocycles. The maximum atomic E-state index is 12.9. The van der Waals surface area contributed by atoms with Gasteiger partial charge in [0, 0.05) is 5.92 Å². The first-order valence-electron chi connectivity index (χ1n) is 17.4. The predicted octanol–water partition coefficient (Wildman–Crippen LogP) is 4.55. The van der Waals surface area contributed by atoms with E-state index in [4.69, 9.17) is 9.47 Å². The molecule has 7 aliphatic rings. The van der Waals surface area contributed by atoms with Crippen LogP contribution in [0.2, 0.25) is 0 Å². The minimum atomic E-state index is -1.71. The number of hydrogen-bond acceptors (Lipinski definition) is 7. The number of carbonyl (C=O) groups is 2. The van der Waals surface area contributed by atoms with Gasteiger partial charge in [0.1, 0.15) is 24.4 Å². The van der Waals surface area contributed by atoms with E-state index in [0.717, 1.165) is 64.2 Å². The van der Waals surface area contributed by atoms with E-state index in [-0.39, 0.29) is 39.4 Å². The third-order valence-corrected chi connectivity index (χ3v) is 15.8. The van der Waals surface area contributed by atoms with Crippen LogP contribution in [0, 0.1) is 50.7 Å². The summed E-state index contributed by atoms with van der Waals surface area (Å²) in [5.74, 6) is -1.19. The summed E-state index contributed by atoms with van der Waals surface area (Å²) >= 11 is 0. The molecule has 252 valence electrons. The lowest BCUT2D eigenvalue weighted by molar-refractivity contribution is -0.372. The minimum absolute atomic E-state index is 0.00717. The lowest BCUT2D eigenvalue weighted by Gasteiger charge is -2.74. The fourth-order valence-corrected chi connectivity index (χ4v) is 12.9. The lowest BCUT2D eigenvalue weighted by atomic mass is 9.33. The van der Waals surface area contributed by atoms with Crippen molar-refractivity contribution in [2.24, 2.45) is 50.7 Å². The van der Waals surface area contributed by atoms with Gasteiger partial charge in [-0.3, -0.25) is 4.79 Å². The van der Waals surface area contributed by atoms with Crippen molar-refractivity contribution < 1.29 is 44.6 Å². The maximum Gasteiger partial charge on any atom is 0.335 e. The summed E-state index contributed by atoms with van der Waals surface area (Å²) in [6.45, 7) is 14.2. The number of fused-ring (bicyclic) bond motifs is 9. The topological polar surface area (TPSA) is 154 Å². The van der Waals surface area contributed by atoms with Crippen LogP contribution in [0.25, 0.3) is 0 Å². The normalized spacial score (nSPS) is 56.6. The Bertz CT molecular complexity index is 1310. The molecule has 0 bridgehead atoms. The van der Waals surface area contributed by atoms with Gasteiger partial charge in [-0.15, -0.1) is 0 Å². The van der Waals surface area contributed by atoms with E-state index >= 15 is 0 Å². The quantitative estimate of drug-likeness (QED) is 0.283. The summed E-state index contributed by atoms with van der Waals surface area (Å²) in [6, 6.07) is 0. The Morgan fingerprint density at radius 1 is 0.800 bits per heavy atom. The van der Waals surface area contributed by atoms with E-state index in [1.54, 1.807) is 0 Å². The molecule has 7 rings (SSSR count). The van der Waals surface area contributed by atoms with Crippen molar-refractivity contribution in [3.8, 4) is 0 Å². The number of aliphatic hydroxyl groups excluding tert-OH is 3. The second-order valence-corrected chi connectivity index (χ2v) is 17.9. The van der Waals surface area contributed by atoms with E-state index in [1.165, 1.54) is 5.57 Å². The molecule has 0 amide bonds. The maximum absolute atomic E-state index is 12.9. The third kappa shape index (κ3) is 3.97. The van der Waals surface area contributed by atoms with Crippen molar-refractivity contribution in [2.75, 3.05) is 0 Å². The van der Waals surface area contributed by atoms with E-state index in [0.29, 0.717) is 5.92 Å². The number of ether oxygens (including phenoxy) is 2. The van der Waals surface area contributed by atoms with Crippen LogP contribution in [0.5, 0.6) is 0 Å². The zero-order chi connectivity index (χ0) is 32.7. The molecule has 6 fully saturated rings. The Hall–Kier alpha value is -1.52. The summed E-state index contributed by atoms with van der Waals surface area (Å²) in [5, 5.41) is 51.8. The molecular formula is C36H54O9. The number of carboxylic acids is 2. The smallest absolute Gasteiger partial charge is 0.335 e. The molecule has 2 saturated heterocycles. The third-order valence-electron chi connectivity index (χ3n) is 15.8. The minimum Gasteiger partial charge on any atom is -0.481 e. The van der Waals surface area contributed by atoms with Gasteiger partial charge in [-0.2, -0.15) is 0 Å². The van der Waals surface area contributed by atoms with Crippen molar-refractivity contribution in [2.45, 2.75) is 148 Å². The highest BCUT2D eigenvalue weighted by atomic mass is 16.6. The van der Waals surface area contributed by atoms with Crippen LogP contribution in [0.15, 0.2) is 11.6 Å². The number of aliphatic hydroxyl groups is 3. The monoisotopic (exact) mass is 630 g/mol. The molecule has 0 spiro atoms. The molecule has 9 nitrogen and oxygen atoms in total. The first-order chi connectivity index (χ1) is 20.9. The van der Waals surface area contributed by atoms with Crippen LogP contribution in [-0.4, -0.2) is 79.7 Å². The largest absolute Gasteiger partial charge is 0.481 e. The number of rotatable bonds is 3. The Morgan fingerprint density at radius 2 is 1.49 bits per heavy atom. The fourth-order valence-electron chi connectivity index (χ4n) is 12.9. The SMILES string of the molecule is CC1(C)CC[C@]2(C(=O)O)CC[C@]3(C)C(=CCC4[C@@]5(C)CC[C@@H]6[C@H]([C@@H]7OC(C(=O)O)[C@@H](O)C(O)C7O)O[C@@]6(C)C5CC[C@]43C)C2C1. The van der Waals surface area contributed by atoms with Gasteiger partial charge in [-0.1, -0.05) is 46.3 Å². The van der Waals surface area contributed by atoms with Gasteiger partial charge in [0.25, 0.3) is 0 Å². The van der Waals surface area contributed by atoms with Gasteiger partial charge in [-0.05, 0) is 111 Å². The van der Waals surface area contributed by atoms with Crippen molar-refractivity contribution in [3.05, 3.63) is 11.6 Å². The molecule has 9 heteroatoms. The summed E-state index contributed by atoms with van der Waals surface area (Å²) in [7, 11) is 0. The molecule has 0 aromatic heterocycles. The second kappa shape index (κ2) is 9.77. The average molecular weight is 631 g/mol. The molecular weight excluding hydrogens is 576 g/mol. The zero-order valence-electron chi connectivity index (χ0n) is 27.8. The highest BCUT2D eigenvalue weighted by molar-refractivity contribution is 5.76. The Labute approximate surface area is 266 Å². The van der Waals surface area contributed by atoms with Crippen LogP contribution in [0.4, 0.5) is 0 Å². The van der Waals surface area contributed by atoms with Gasteiger partial charge < -0.3 is 35.0 Å². The first-order valence-corrected chi connectivity index (χ1v) is 17.4. The molecule has 2 heterocycles. The summed E-state index contributed by atoms with van der Waals surface area (Å²) < 4.78 is 12.4. The van der Waals surface area contributed by atoms with Gasteiger partial charge in [0.05, 0.1) is 17.1 Å². The molecule has 15 atom stereocenters. The second-order valence-electron chi connectivity index (χ2n) is 17.9. The average Bonchev–Trinajstić information content (AvgIpc) is 2.94. The van der Waals surface area contributed by atoms with Gasteiger partial charge >= 0.3 is 11.9 Å². The summed E-state index contributed by atoms with van der Waals surface area (Å²) in [5.41, 5.74) is 0.382. The molecule has 0 radical (unpaired) electrons. The molecule has 0 aromatic carbocycles. The first kappa shape index (κ1) is 32.0. The highest BCUT2D eigenvalue weighted by Gasteiger charge is 2.73. The molecule has 45 heavy (non-hydrogen) atoms. The molecule has 5 aliphatic carbocycles. The van der Waals surface area contributed by atoms with E-state index < -0.39 is 59.6 Å². The zero-order valence-corrected chi connectivity index (χ0v) is 27.8. The van der Waals surface area contributed by atoms with Gasteiger partial charge in [-0.25, -0.2) is 4.79 Å². The molecule has 2 aliphatic heterocycles. The van der Waals surface area contributed by atoms with Crippen molar-refractivity contribution in [1.82, 2.24) is 0 Å². The Balaban J connectivity index is 1.18. The fraction of sp³-hybridized carbons (Fsp3) is 0.889. The number of carboxylic acid groups (broad SMARTS) is 2. The summed E-state index contributed by atoms with van der Waals surface area (Å²) in [6.07, 6.45) is 3.57. The number of hydrogen-bond donors (Lipinski definition) is 5. The lowest BCUT2D eigenvalue weighted by Crippen LogP contribution is -2.76. The highest BCUT2D eigenvalue weighted by Crippen LogP contribution is 2.76. The Morgan fingerprint density at radius 3 is 2.16 bits per heavy atom. The van der Waals surface area contributed by atoms with Crippen LogP contribution >= 0.6 is 0 Å². The molecule has 5 N–H and O–H groups in total. The molecule has 6 unspecified atom stereocenters. The Kier molecular flexibility index (Phi) is 6.96. The predicted molar refractivity (Wildman–Crippen MR) is 164 cm³/mol. The van der Waals surface area contributed by atoms with E-state index in [9.17, 15) is 35.1 Å². The summed E-state index contributed by atoms with van der Waals surface area (Å²) in [4.78, 5) is 24.7. The standard InChI is InChI=1S/C36H54O9/c1-31(2)13-15-36(30(42)43)16-14-33(4)18(20(36)17-31)7-8-21-32(3)11-9-19-26(45-35(19,6)22(32)10-12-34(21,33)5)27-24(38)23(37)25(39)28(44-27)29(40)41/h7,19-28,37-39H,8-17H2,1-6H3,(H,40,41)(H,42,43)/t19-,20?,21?,22?,23?,24?,25+,26-,27-,28?,32-,33-,34-,35-,36+/m1/s1. The van der Waals surface area contributed by atoms with Gasteiger partial charge in [0.15, 0.2) is 6.10 Å². The van der Waals surface area contributed by atoms with Crippen LogP contribution < -0.4 is 0 Å².